The van der Waals surface area contributed by atoms with E-state index in [2.05, 4.69) is 5.32 Å². The third kappa shape index (κ3) is 5.25. The fourth-order valence-corrected chi connectivity index (χ4v) is 1.94. The Morgan fingerprint density at radius 2 is 1.91 bits per heavy atom. The van der Waals surface area contributed by atoms with Gasteiger partial charge in [-0.15, -0.1) is 0 Å². The Labute approximate surface area is 137 Å². The molecule has 0 saturated carbocycles. The Hall–Kier alpha value is -2.08. The standard InChI is InChI=1S/C17H25NO5/c1-7-22-17(4,5)16(20)18-12-8-9-14(23-11(2)3)13(10-12)15(19)21-6/h8-11H,7H2,1-6H3,(H,18,20). The molecular formula is C17H25NO5. The number of carbonyl (C=O) groups excluding carboxylic acids is 2. The van der Waals surface area contributed by atoms with Gasteiger partial charge in [0, 0.05) is 12.3 Å². The maximum absolute atomic E-state index is 12.3. The summed E-state index contributed by atoms with van der Waals surface area (Å²) in [5.74, 6) is -0.414. The fourth-order valence-electron chi connectivity index (χ4n) is 1.94. The predicted molar refractivity (Wildman–Crippen MR) is 87.9 cm³/mol. The van der Waals surface area contributed by atoms with E-state index in [0.717, 1.165) is 0 Å². The van der Waals surface area contributed by atoms with Crippen LogP contribution in [0.3, 0.4) is 0 Å². The third-order valence-corrected chi connectivity index (χ3v) is 3.06. The molecule has 0 radical (unpaired) electrons. The largest absolute Gasteiger partial charge is 0.490 e. The highest BCUT2D eigenvalue weighted by Crippen LogP contribution is 2.25. The number of hydrogen-bond acceptors (Lipinski definition) is 5. The van der Waals surface area contributed by atoms with E-state index < -0.39 is 11.6 Å². The van der Waals surface area contributed by atoms with Crippen molar-refractivity contribution in [2.45, 2.75) is 46.3 Å². The minimum atomic E-state index is -0.965. The highest BCUT2D eigenvalue weighted by Gasteiger charge is 2.28. The smallest absolute Gasteiger partial charge is 0.341 e. The molecule has 128 valence electrons. The maximum Gasteiger partial charge on any atom is 0.341 e. The molecule has 1 aromatic rings. The summed E-state index contributed by atoms with van der Waals surface area (Å²) >= 11 is 0. The zero-order chi connectivity index (χ0) is 17.6. The molecule has 0 bridgehead atoms. The number of ether oxygens (including phenoxy) is 3. The molecule has 0 fully saturated rings. The second-order valence-corrected chi connectivity index (χ2v) is 5.77. The van der Waals surface area contributed by atoms with Gasteiger partial charge < -0.3 is 19.5 Å². The van der Waals surface area contributed by atoms with Crippen LogP contribution >= 0.6 is 0 Å². The molecule has 1 amide bonds. The highest BCUT2D eigenvalue weighted by molar-refractivity contribution is 5.99. The summed E-state index contributed by atoms with van der Waals surface area (Å²) < 4.78 is 15.8. The Bertz CT molecular complexity index is 566. The van der Waals surface area contributed by atoms with Gasteiger partial charge in [0.25, 0.3) is 5.91 Å². The van der Waals surface area contributed by atoms with Crippen LogP contribution in [-0.4, -0.2) is 37.3 Å². The van der Waals surface area contributed by atoms with Crippen LogP contribution < -0.4 is 10.1 Å². The molecule has 0 heterocycles. The van der Waals surface area contributed by atoms with Gasteiger partial charge in [-0.25, -0.2) is 4.79 Å². The van der Waals surface area contributed by atoms with Crippen molar-refractivity contribution in [2.75, 3.05) is 19.0 Å². The molecule has 0 unspecified atom stereocenters. The van der Waals surface area contributed by atoms with Crippen molar-refractivity contribution in [3.8, 4) is 5.75 Å². The SMILES string of the molecule is CCOC(C)(C)C(=O)Nc1ccc(OC(C)C)c(C(=O)OC)c1. The van der Waals surface area contributed by atoms with E-state index >= 15 is 0 Å². The van der Waals surface area contributed by atoms with Crippen molar-refractivity contribution in [2.24, 2.45) is 0 Å². The van der Waals surface area contributed by atoms with E-state index in [0.29, 0.717) is 18.0 Å². The maximum atomic E-state index is 12.3. The summed E-state index contributed by atoms with van der Waals surface area (Å²) in [6.45, 7) is 9.34. The van der Waals surface area contributed by atoms with Gasteiger partial charge >= 0.3 is 5.97 Å². The van der Waals surface area contributed by atoms with Gasteiger partial charge in [0.05, 0.1) is 13.2 Å². The van der Waals surface area contributed by atoms with Crippen LogP contribution in [0.5, 0.6) is 5.75 Å². The van der Waals surface area contributed by atoms with E-state index in [-0.39, 0.29) is 17.6 Å². The minimum absolute atomic E-state index is 0.0873. The van der Waals surface area contributed by atoms with E-state index in [4.69, 9.17) is 14.2 Å². The summed E-state index contributed by atoms with van der Waals surface area (Å²) in [6, 6.07) is 4.84. The molecule has 6 heteroatoms. The first-order chi connectivity index (χ1) is 10.7. The van der Waals surface area contributed by atoms with Crippen molar-refractivity contribution in [1.82, 2.24) is 0 Å². The molecule has 23 heavy (non-hydrogen) atoms. The lowest BCUT2D eigenvalue weighted by Crippen LogP contribution is -2.39. The number of nitrogens with one attached hydrogen (secondary N) is 1. The Morgan fingerprint density at radius 1 is 1.26 bits per heavy atom. The molecule has 0 saturated heterocycles. The molecule has 0 aromatic heterocycles. The predicted octanol–water partition coefficient (Wildman–Crippen LogP) is 3.01. The highest BCUT2D eigenvalue weighted by atomic mass is 16.5. The number of amides is 1. The zero-order valence-corrected chi connectivity index (χ0v) is 14.6. The number of carbonyl (C=O) groups is 2. The molecule has 1 rings (SSSR count). The summed E-state index contributed by atoms with van der Waals surface area (Å²) in [4.78, 5) is 24.2. The number of rotatable bonds is 7. The van der Waals surface area contributed by atoms with E-state index in [1.807, 2.05) is 20.8 Å². The first kappa shape index (κ1) is 19.0. The second kappa shape index (κ2) is 7.97. The Balaban J connectivity index is 3.05. The Kier molecular flexibility index (Phi) is 6.57. The molecule has 0 aliphatic heterocycles. The topological polar surface area (TPSA) is 73.9 Å². The van der Waals surface area contributed by atoms with Crippen LogP contribution in [0.25, 0.3) is 0 Å². The number of benzene rings is 1. The molecule has 0 atom stereocenters. The zero-order valence-electron chi connectivity index (χ0n) is 14.6. The van der Waals surface area contributed by atoms with Crippen LogP contribution in [0, 0.1) is 0 Å². The number of hydrogen-bond donors (Lipinski definition) is 1. The second-order valence-electron chi connectivity index (χ2n) is 5.77. The normalized spacial score (nSPS) is 11.3. The average molecular weight is 323 g/mol. The van der Waals surface area contributed by atoms with Crippen LogP contribution in [-0.2, 0) is 14.3 Å². The third-order valence-electron chi connectivity index (χ3n) is 3.06. The van der Waals surface area contributed by atoms with E-state index in [1.165, 1.54) is 13.2 Å². The number of anilines is 1. The van der Waals surface area contributed by atoms with Gasteiger partial charge in [-0.3, -0.25) is 4.79 Å². The number of methoxy groups -OCH3 is 1. The van der Waals surface area contributed by atoms with Gasteiger partial charge in [0.15, 0.2) is 0 Å². The molecule has 1 aromatic carbocycles. The lowest BCUT2D eigenvalue weighted by Gasteiger charge is -2.23. The molecule has 1 N–H and O–H groups in total. The Morgan fingerprint density at radius 3 is 2.43 bits per heavy atom. The van der Waals surface area contributed by atoms with Gasteiger partial charge in [-0.05, 0) is 52.8 Å². The lowest BCUT2D eigenvalue weighted by atomic mass is 10.1. The van der Waals surface area contributed by atoms with Crippen LogP contribution in [0.4, 0.5) is 5.69 Å². The van der Waals surface area contributed by atoms with Crippen molar-refractivity contribution < 1.29 is 23.8 Å². The summed E-state index contributed by atoms with van der Waals surface area (Å²) in [6.07, 6.45) is -0.0873. The monoisotopic (exact) mass is 323 g/mol. The quantitative estimate of drug-likeness (QED) is 0.781. The lowest BCUT2D eigenvalue weighted by molar-refractivity contribution is -0.136. The summed E-state index contributed by atoms with van der Waals surface area (Å²) in [5.41, 5.74) is -0.236. The molecule has 0 spiro atoms. The summed E-state index contributed by atoms with van der Waals surface area (Å²) in [7, 11) is 1.30. The molecule has 0 aliphatic carbocycles. The van der Waals surface area contributed by atoms with Crippen molar-refractivity contribution in [1.29, 1.82) is 0 Å². The fraction of sp³-hybridized carbons (Fsp3) is 0.529. The van der Waals surface area contributed by atoms with Crippen molar-refractivity contribution >= 4 is 17.6 Å². The summed E-state index contributed by atoms with van der Waals surface area (Å²) in [5, 5.41) is 2.74. The van der Waals surface area contributed by atoms with Gasteiger partial charge in [0.1, 0.15) is 16.9 Å². The van der Waals surface area contributed by atoms with Crippen molar-refractivity contribution in [3.05, 3.63) is 23.8 Å². The van der Waals surface area contributed by atoms with Crippen LogP contribution in [0.1, 0.15) is 45.0 Å². The first-order valence-electron chi connectivity index (χ1n) is 7.55. The number of esters is 1. The van der Waals surface area contributed by atoms with Crippen molar-refractivity contribution in [3.63, 3.8) is 0 Å². The molecule has 0 aliphatic rings. The minimum Gasteiger partial charge on any atom is -0.490 e. The van der Waals surface area contributed by atoms with Crippen LogP contribution in [0.2, 0.25) is 0 Å². The van der Waals surface area contributed by atoms with Gasteiger partial charge in [0.2, 0.25) is 0 Å². The van der Waals surface area contributed by atoms with Gasteiger partial charge in [-0.1, -0.05) is 0 Å². The first-order valence-corrected chi connectivity index (χ1v) is 7.55. The average Bonchev–Trinajstić information content (AvgIpc) is 2.47. The van der Waals surface area contributed by atoms with Crippen LogP contribution in [0.15, 0.2) is 18.2 Å². The molecule has 6 nitrogen and oxygen atoms in total. The van der Waals surface area contributed by atoms with E-state index in [9.17, 15) is 9.59 Å². The van der Waals surface area contributed by atoms with Gasteiger partial charge in [-0.2, -0.15) is 0 Å². The van der Waals surface area contributed by atoms with E-state index in [1.54, 1.807) is 26.0 Å². The molecular weight excluding hydrogens is 298 g/mol.